The molecule has 0 saturated heterocycles. The highest BCUT2D eigenvalue weighted by Crippen LogP contribution is 2.26. The fraction of sp³-hybridized carbons (Fsp3) is 0.615. The predicted molar refractivity (Wildman–Crippen MR) is 66.7 cm³/mol. The van der Waals surface area contributed by atoms with Crippen LogP contribution in [0, 0.1) is 11.3 Å². The van der Waals surface area contributed by atoms with E-state index in [1.807, 2.05) is 0 Å². The molecule has 1 aromatic heterocycles. The van der Waals surface area contributed by atoms with Crippen LogP contribution in [-0.4, -0.2) is 21.2 Å². The second kappa shape index (κ2) is 5.21. The standard InChI is InChI=1S/C13H18N4O/c1-17-9-11(8-15-17)12(18)16-13(10-14)6-4-2-3-5-7-13/h8-9H,2-7H2,1H3,(H,16,18). The number of nitrogens with zero attached hydrogens (tertiary/aromatic N) is 3. The van der Waals surface area contributed by atoms with E-state index in [9.17, 15) is 10.1 Å². The lowest BCUT2D eigenvalue weighted by Gasteiger charge is -2.25. The lowest BCUT2D eigenvalue weighted by molar-refractivity contribution is 0.0913. The van der Waals surface area contributed by atoms with Gasteiger partial charge in [-0.2, -0.15) is 10.4 Å². The van der Waals surface area contributed by atoms with Gasteiger partial charge in [-0.3, -0.25) is 9.48 Å². The van der Waals surface area contributed by atoms with Gasteiger partial charge in [0.05, 0.1) is 17.8 Å². The second-order valence-electron chi connectivity index (χ2n) is 4.96. The average molecular weight is 246 g/mol. The van der Waals surface area contributed by atoms with Crippen molar-refractivity contribution in [3.05, 3.63) is 18.0 Å². The van der Waals surface area contributed by atoms with Crippen LogP contribution in [0.15, 0.2) is 12.4 Å². The summed E-state index contributed by atoms with van der Waals surface area (Å²) in [6, 6.07) is 2.31. The van der Waals surface area contributed by atoms with Gasteiger partial charge >= 0.3 is 0 Å². The lowest BCUT2D eigenvalue weighted by atomic mass is 9.91. The molecule has 0 spiro atoms. The zero-order valence-corrected chi connectivity index (χ0v) is 10.6. The van der Waals surface area contributed by atoms with E-state index in [0.29, 0.717) is 5.56 Å². The number of nitriles is 1. The Hall–Kier alpha value is -1.83. The van der Waals surface area contributed by atoms with Crippen molar-refractivity contribution < 1.29 is 4.79 Å². The molecule has 0 radical (unpaired) electrons. The number of nitrogens with one attached hydrogen (secondary N) is 1. The Labute approximate surface area is 107 Å². The molecule has 0 unspecified atom stereocenters. The van der Waals surface area contributed by atoms with Crippen molar-refractivity contribution in [2.24, 2.45) is 7.05 Å². The van der Waals surface area contributed by atoms with Gasteiger partial charge in [-0.15, -0.1) is 0 Å². The van der Waals surface area contributed by atoms with Crippen LogP contribution in [-0.2, 0) is 7.05 Å². The van der Waals surface area contributed by atoms with Gasteiger partial charge in [0.15, 0.2) is 0 Å². The molecule has 1 N–H and O–H groups in total. The number of carbonyl (C=O) groups excluding carboxylic acids is 1. The second-order valence-corrected chi connectivity index (χ2v) is 4.96. The van der Waals surface area contributed by atoms with Crippen LogP contribution in [0.25, 0.3) is 0 Å². The first-order valence-corrected chi connectivity index (χ1v) is 6.38. The molecule has 0 bridgehead atoms. The van der Waals surface area contributed by atoms with Crippen molar-refractivity contribution >= 4 is 5.91 Å². The molecular weight excluding hydrogens is 228 g/mol. The number of aromatic nitrogens is 2. The van der Waals surface area contributed by atoms with E-state index in [4.69, 9.17) is 0 Å². The average Bonchev–Trinajstić information content (AvgIpc) is 2.66. The number of rotatable bonds is 2. The van der Waals surface area contributed by atoms with E-state index >= 15 is 0 Å². The molecule has 5 heteroatoms. The summed E-state index contributed by atoms with van der Waals surface area (Å²) < 4.78 is 1.58. The van der Waals surface area contributed by atoms with E-state index in [0.717, 1.165) is 38.5 Å². The minimum Gasteiger partial charge on any atom is -0.334 e. The van der Waals surface area contributed by atoms with Crippen molar-refractivity contribution in [2.75, 3.05) is 0 Å². The van der Waals surface area contributed by atoms with Gasteiger partial charge in [-0.1, -0.05) is 25.7 Å². The van der Waals surface area contributed by atoms with Crippen molar-refractivity contribution in [1.29, 1.82) is 5.26 Å². The van der Waals surface area contributed by atoms with Gasteiger partial charge in [0.1, 0.15) is 5.54 Å². The Morgan fingerprint density at radius 3 is 2.61 bits per heavy atom. The monoisotopic (exact) mass is 246 g/mol. The maximum Gasteiger partial charge on any atom is 0.255 e. The Bertz CT molecular complexity index is 464. The zero-order chi connectivity index (χ0) is 13.0. The maximum absolute atomic E-state index is 12.1. The molecule has 18 heavy (non-hydrogen) atoms. The third-order valence-corrected chi connectivity index (χ3v) is 3.49. The van der Waals surface area contributed by atoms with Crippen LogP contribution < -0.4 is 5.32 Å². The first-order chi connectivity index (χ1) is 8.65. The van der Waals surface area contributed by atoms with Crippen molar-refractivity contribution in [1.82, 2.24) is 15.1 Å². The molecule has 1 saturated carbocycles. The van der Waals surface area contributed by atoms with Crippen LogP contribution >= 0.6 is 0 Å². The highest BCUT2D eigenvalue weighted by atomic mass is 16.1. The Morgan fingerprint density at radius 1 is 1.44 bits per heavy atom. The van der Waals surface area contributed by atoms with E-state index < -0.39 is 5.54 Å². The third kappa shape index (κ3) is 2.70. The molecule has 2 rings (SSSR count). The first kappa shape index (κ1) is 12.6. The molecule has 1 heterocycles. The third-order valence-electron chi connectivity index (χ3n) is 3.49. The summed E-state index contributed by atoms with van der Waals surface area (Å²) in [6.45, 7) is 0. The Kier molecular flexibility index (Phi) is 3.66. The van der Waals surface area contributed by atoms with Gasteiger partial charge in [0.25, 0.3) is 5.91 Å². The van der Waals surface area contributed by atoms with Gasteiger partial charge in [0, 0.05) is 13.2 Å². The number of hydrogen-bond acceptors (Lipinski definition) is 3. The summed E-state index contributed by atoms with van der Waals surface area (Å²) in [5, 5.41) is 16.3. The molecule has 5 nitrogen and oxygen atoms in total. The summed E-state index contributed by atoms with van der Waals surface area (Å²) in [4.78, 5) is 12.1. The van der Waals surface area contributed by atoms with E-state index in [1.165, 1.54) is 6.20 Å². The van der Waals surface area contributed by atoms with Crippen LogP contribution in [0.5, 0.6) is 0 Å². The molecule has 1 aliphatic carbocycles. The quantitative estimate of drug-likeness (QED) is 0.808. The fourth-order valence-electron chi connectivity index (χ4n) is 2.42. The fourth-order valence-corrected chi connectivity index (χ4v) is 2.42. The predicted octanol–water partition coefficient (Wildman–Crippen LogP) is 1.77. The topological polar surface area (TPSA) is 70.7 Å². The molecule has 1 amide bonds. The van der Waals surface area contributed by atoms with Gasteiger partial charge in [0.2, 0.25) is 0 Å². The first-order valence-electron chi connectivity index (χ1n) is 6.38. The molecule has 1 fully saturated rings. The van der Waals surface area contributed by atoms with Gasteiger partial charge in [-0.25, -0.2) is 0 Å². The van der Waals surface area contributed by atoms with Crippen LogP contribution in [0.1, 0.15) is 48.9 Å². The molecule has 96 valence electrons. The number of aryl methyl sites for hydroxylation is 1. The largest absolute Gasteiger partial charge is 0.334 e. The van der Waals surface area contributed by atoms with E-state index in [1.54, 1.807) is 17.9 Å². The van der Waals surface area contributed by atoms with Gasteiger partial charge < -0.3 is 5.32 Å². The maximum atomic E-state index is 12.1. The van der Waals surface area contributed by atoms with Crippen molar-refractivity contribution in [3.63, 3.8) is 0 Å². The molecule has 0 aromatic carbocycles. The summed E-state index contributed by atoms with van der Waals surface area (Å²) in [7, 11) is 1.77. The smallest absolute Gasteiger partial charge is 0.255 e. The number of amides is 1. The highest BCUT2D eigenvalue weighted by molar-refractivity contribution is 5.94. The molecule has 0 atom stereocenters. The summed E-state index contributed by atoms with van der Waals surface area (Å²) in [5.74, 6) is -0.202. The number of hydrogen-bond donors (Lipinski definition) is 1. The summed E-state index contributed by atoms with van der Waals surface area (Å²) in [6.07, 6.45) is 8.97. The highest BCUT2D eigenvalue weighted by Gasteiger charge is 2.32. The van der Waals surface area contributed by atoms with Crippen molar-refractivity contribution in [3.8, 4) is 6.07 Å². The summed E-state index contributed by atoms with van der Waals surface area (Å²) in [5.41, 5.74) is -0.181. The van der Waals surface area contributed by atoms with E-state index in [-0.39, 0.29) is 5.91 Å². The Morgan fingerprint density at radius 2 is 2.11 bits per heavy atom. The minimum absolute atomic E-state index is 0.202. The zero-order valence-electron chi connectivity index (χ0n) is 10.6. The SMILES string of the molecule is Cn1cc(C(=O)NC2(C#N)CCCCCC2)cn1. The minimum atomic E-state index is -0.691. The normalized spacial score (nSPS) is 18.7. The summed E-state index contributed by atoms with van der Waals surface area (Å²) >= 11 is 0. The number of carbonyl (C=O) groups is 1. The Balaban J connectivity index is 2.10. The molecular formula is C13H18N4O. The van der Waals surface area contributed by atoms with Crippen LogP contribution in [0.4, 0.5) is 0 Å². The molecule has 1 aromatic rings. The van der Waals surface area contributed by atoms with Crippen molar-refractivity contribution in [2.45, 2.75) is 44.1 Å². The molecule has 1 aliphatic rings. The van der Waals surface area contributed by atoms with Gasteiger partial charge in [-0.05, 0) is 12.8 Å². The van der Waals surface area contributed by atoms with Crippen LogP contribution in [0.3, 0.4) is 0 Å². The molecule has 0 aliphatic heterocycles. The lowest BCUT2D eigenvalue weighted by Crippen LogP contribution is -2.46. The van der Waals surface area contributed by atoms with Crippen LogP contribution in [0.2, 0.25) is 0 Å². The van der Waals surface area contributed by atoms with E-state index in [2.05, 4.69) is 16.5 Å².